The molecule has 0 aromatic rings. The molecule has 0 saturated carbocycles. The minimum Gasteiger partial charge on any atom is -0.453 e. The topological polar surface area (TPSA) is 49.8 Å². The second-order valence-electron chi connectivity index (χ2n) is 3.48. The average molecular weight is 199 g/mol. The summed E-state index contributed by atoms with van der Waals surface area (Å²) in [6.07, 6.45) is 6.93. The second kappa shape index (κ2) is 5.65. The van der Waals surface area contributed by atoms with Crippen molar-refractivity contribution in [2.24, 2.45) is 5.92 Å². The Morgan fingerprint density at radius 3 is 2.93 bits per heavy atom. The molecule has 0 heterocycles. The zero-order valence-corrected chi connectivity index (χ0v) is 8.48. The number of hydrogen-bond acceptors (Lipinski definition) is 3. The van der Waals surface area contributed by atoms with Gasteiger partial charge in [0.2, 0.25) is 0 Å². The summed E-state index contributed by atoms with van der Waals surface area (Å²) in [5.74, 6) is 0.450. The van der Waals surface area contributed by atoms with E-state index < -0.39 is 6.09 Å². The Morgan fingerprint density at radius 2 is 2.43 bits per heavy atom. The first kappa shape index (κ1) is 11.0. The van der Waals surface area contributed by atoms with Crippen molar-refractivity contribution in [1.29, 1.82) is 0 Å². The predicted molar refractivity (Wildman–Crippen MR) is 52.7 cm³/mol. The maximum atomic E-state index is 11.1. The molecular formula is C10H17NO3. The van der Waals surface area contributed by atoms with E-state index in [4.69, 9.17) is 5.11 Å². The third kappa shape index (κ3) is 3.03. The Balaban J connectivity index is 2.39. The van der Waals surface area contributed by atoms with Crippen LogP contribution in [0.25, 0.3) is 0 Å². The van der Waals surface area contributed by atoms with Crippen molar-refractivity contribution in [3.05, 3.63) is 12.2 Å². The lowest BCUT2D eigenvalue weighted by molar-refractivity contribution is 0.0655. The number of aliphatic hydroxyl groups excluding tert-OH is 1. The summed E-state index contributed by atoms with van der Waals surface area (Å²) in [4.78, 5) is 12.5. The van der Waals surface area contributed by atoms with E-state index in [1.54, 1.807) is 0 Å². The fourth-order valence-corrected chi connectivity index (χ4v) is 1.65. The summed E-state index contributed by atoms with van der Waals surface area (Å²) in [6, 6.07) is 0. The molecule has 1 aliphatic carbocycles. The second-order valence-corrected chi connectivity index (χ2v) is 3.48. The van der Waals surface area contributed by atoms with E-state index in [-0.39, 0.29) is 6.73 Å². The van der Waals surface area contributed by atoms with Crippen LogP contribution in [-0.4, -0.2) is 36.5 Å². The minimum atomic E-state index is -0.456. The first-order chi connectivity index (χ1) is 6.77. The number of carbonyl (C=O) groups excluding carboxylic acids is 1. The van der Waals surface area contributed by atoms with Crippen LogP contribution in [-0.2, 0) is 4.74 Å². The fourth-order valence-electron chi connectivity index (χ4n) is 1.65. The number of allylic oxidation sites excluding steroid dienone is 2. The molecule has 0 aliphatic heterocycles. The maximum Gasteiger partial charge on any atom is 0.411 e. The molecule has 1 atom stereocenters. The quantitative estimate of drug-likeness (QED) is 0.551. The standard InChI is InChI=1S/C10H17NO3/c1-14-10(13)11(8-12)7-9-5-3-2-4-6-9/h2-3,9,12H,4-8H2,1H3. The Labute approximate surface area is 84.2 Å². The zero-order chi connectivity index (χ0) is 10.4. The fraction of sp³-hybridized carbons (Fsp3) is 0.700. The molecule has 0 bridgehead atoms. The van der Waals surface area contributed by atoms with E-state index in [0.29, 0.717) is 12.5 Å². The monoisotopic (exact) mass is 199 g/mol. The summed E-state index contributed by atoms with van der Waals surface area (Å²) in [5.41, 5.74) is 0. The first-order valence-electron chi connectivity index (χ1n) is 4.86. The highest BCUT2D eigenvalue weighted by Crippen LogP contribution is 2.19. The lowest BCUT2D eigenvalue weighted by Crippen LogP contribution is -2.36. The summed E-state index contributed by atoms with van der Waals surface area (Å²) in [7, 11) is 1.33. The van der Waals surface area contributed by atoms with Crippen LogP contribution in [0.5, 0.6) is 0 Å². The van der Waals surface area contributed by atoms with Crippen molar-refractivity contribution in [3.63, 3.8) is 0 Å². The van der Waals surface area contributed by atoms with Crippen molar-refractivity contribution in [1.82, 2.24) is 4.90 Å². The third-order valence-electron chi connectivity index (χ3n) is 2.46. The van der Waals surface area contributed by atoms with Gasteiger partial charge in [0.05, 0.1) is 7.11 Å². The smallest absolute Gasteiger partial charge is 0.411 e. The molecule has 1 aliphatic rings. The average Bonchev–Trinajstić information content (AvgIpc) is 2.26. The van der Waals surface area contributed by atoms with Crippen LogP contribution in [0.1, 0.15) is 19.3 Å². The molecule has 1 N–H and O–H groups in total. The maximum absolute atomic E-state index is 11.1. The number of rotatable bonds is 3. The largest absolute Gasteiger partial charge is 0.453 e. The molecule has 0 fully saturated rings. The molecule has 4 heteroatoms. The van der Waals surface area contributed by atoms with Gasteiger partial charge < -0.3 is 9.84 Å². The molecule has 1 rings (SSSR count). The summed E-state index contributed by atoms with van der Waals surface area (Å²) < 4.78 is 4.55. The molecule has 0 saturated heterocycles. The van der Waals surface area contributed by atoms with Gasteiger partial charge in [0.25, 0.3) is 0 Å². The molecule has 0 spiro atoms. The summed E-state index contributed by atoms with van der Waals surface area (Å²) in [6.45, 7) is 0.306. The lowest BCUT2D eigenvalue weighted by atomic mass is 9.94. The van der Waals surface area contributed by atoms with E-state index in [1.807, 2.05) is 0 Å². The van der Waals surface area contributed by atoms with Crippen LogP contribution >= 0.6 is 0 Å². The van der Waals surface area contributed by atoms with Crippen molar-refractivity contribution >= 4 is 6.09 Å². The van der Waals surface area contributed by atoms with E-state index >= 15 is 0 Å². The number of methoxy groups -OCH3 is 1. The van der Waals surface area contributed by atoms with E-state index in [9.17, 15) is 4.79 Å². The van der Waals surface area contributed by atoms with Crippen LogP contribution in [0.2, 0.25) is 0 Å². The van der Waals surface area contributed by atoms with Crippen LogP contribution in [0.3, 0.4) is 0 Å². The van der Waals surface area contributed by atoms with E-state index in [1.165, 1.54) is 12.0 Å². The van der Waals surface area contributed by atoms with Crippen LogP contribution in [0.4, 0.5) is 4.79 Å². The van der Waals surface area contributed by atoms with Gasteiger partial charge in [-0.05, 0) is 25.2 Å². The number of hydrogen-bond donors (Lipinski definition) is 1. The number of ether oxygens (including phenoxy) is 1. The summed E-state index contributed by atoms with van der Waals surface area (Å²) >= 11 is 0. The van der Waals surface area contributed by atoms with Crippen LogP contribution in [0, 0.1) is 5.92 Å². The van der Waals surface area contributed by atoms with Gasteiger partial charge in [-0.25, -0.2) is 4.79 Å². The molecule has 0 aromatic carbocycles. The molecule has 0 aromatic heterocycles. The van der Waals surface area contributed by atoms with Crippen molar-refractivity contribution in [2.45, 2.75) is 19.3 Å². The van der Waals surface area contributed by atoms with Crippen molar-refractivity contribution < 1.29 is 14.6 Å². The Morgan fingerprint density at radius 1 is 1.64 bits per heavy atom. The third-order valence-corrected chi connectivity index (χ3v) is 2.46. The number of amides is 1. The molecule has 0 radical (unpaired) electrons. The molecule has 4 nitrogen and oxygen atoms in total. The van der Waals surface area contributed by atoms with Gasteiger partial charge in [-0.15, -0.1) is 0 Å². The van der Waals surface area contributed by atoms with E-state index in [2.05, 4.69) is 16.9 Å². The Bertz CT molecular complexity index is 215. The van der Waals surface area contributed by atoms with Gasteiger partial charge >= 0.3 is 6.09 Å². The van der Waals surface area contributed by atoms with Crippen molar-refractivity contribution in [2.75, 3.05) is 20.4 Å². The Kier molecular flexibility index (Phi) is 4.46. The number of nitrogens with zero attached hydrogens (tertiary/aromatic N) is 1. The van der Waals surface area contributed by atoms with Gasteiger partial charge in [0, 0.05) is 6.54 Å². The predicted octanol–water partition coefficient (Wildman–Crippen LogP) is 1.36. The lowest BCUT2D eigenvalue weighted by Gasteiger charge is -2.25. The first-order valence-corrected chi connectivity index (χ1v) is 4.86. The number of aliphatic hydroxyl groups is 1. The molecule has 80 valence electrons. The molecular weight excluding hydrogens is 182 g/mol. The zero-order valence-electron chi connectivity index (χ0n) is 8.48. The number of carbonyl (C=O) groups is 1. The van der Waals surface area contributed by atoms with E-state index in [0.717, 1.165) is 19.3 Å². The summed E-state index contributed by atoms with van der Waals surface area (Å²) in [5, 5.41) is 8.97. The van der Waals surface area contributed by atoms with Gasteiger partial charge in [-0.3, -0.25) is 4.90 Å². The minimum absolute atomic E-state index is 0.271. The highest BCUT2D eigenvalue weighted by atomic mass is 16.5. The highest BCUT2D eigenvalue weighted by molar-refractivity contribution is 5.67. The molecule has 14 heavy (non-hydrogen) atoms. The van der Waals surface area contributed by atoms with Crippen LogP contribution < -0.4 is 0 Å². The SMILES string of the molecule is COC(=O)N(CO)CC1CC=CCC1. The van der Waals surface area contributed by atoms with Gasteiger partial charge in [0.15, 0.2) is 0 Å². The highest BCUT2D eigenvalue weighted by Gasteiger charge is 2.18. The molecule has 1 amide bonds. The van der Waals surface area contributed by atoms with Crippen LogP contribution in [0.15, 0.2) is 12.2 Å². The van der Waals surface area contributed by atoms with Gasteiger partial charge in [-0.1, -0.05) is 12.2 Å². The van der Waals surface area contributed by atoms with Gasteiger partial charge in [0.1, 0.15) is 6.73 Å². The Hall–Kier alpha value is -1.03. The normalized spacial score (nSPS) is 20.6. The van der Waals surface area contributed by atoms with Crippen molar-refractivity contribution in [3.8, 4) is 0 Å². The molecule has 1 unspecified atom stereocenters. The van der Waals surface area contributed by atoms with Gasteiger partial charge in [-0.2, -0.15) is 0 Å².